The highest BCUT2D eigenvalue weighted by atomic mass is 19.1. The van der Waals surface area contributed by atoms with Crippen molar-refractivity contribution in [3.63, 3.8) is 0 Å². The summed E-state index contributed by atoms with van der Waals surface area (Å²) in [6.07, 6.45) is 0. The predicted octanol–water partition coefficient (Wildman–Crippen LogP) is 2.39. The first-order valence-corrected chi connectivity index (χ1v) is 9.86. The van der Waals surface area contributed by atoms with Crippen molar-refractivity contribution in [3.8, 4) is 22.9 Å². The second kappa shape index (κ2) is 7.97. The first-order valence-electron chi connectivity index (χ1n) is 9.86. The Morgan fingerprint density at radius 3 is 2.64 bits per heavy atom. The molecule has 0 radical (unpaired) electrons. The summed E-state index contributed by atoms with van der Waals surface area (Å²) >= 11 is 0. The van der Waals surface area contributed by atoms with Gasteiger partial charge < -0.3 is 14.0 Å². The summed E-state index contributed by atoms with van der Waals surface area (Å²) in [4.78, 5) is 31.0. The maximum atomic E-state index is 13.6. The number of carbonyl (C=O) groups is 2. The van der Waals surface area contributed by atoms with Gasteiger partial charge in [-0.2, -0.15) is 10.1 Å². The lowest BCUT2D eigenvalue weighted by molar-refractivity contribution is -0.123. The summed E-state index contributed by atoms with van der Waals surface area (Å²) in [6, 6.07) is 8.42. The number of benzene rings is 2. The number of methoxy groups -OCH3 is 2. The van der Waals surface area contributed by atoms with Gasteiger partial charge in [-0.25, -0.2) is 9.29 Å². The molecule has 0 spiro atoms. The highest BCUT2D eigenvalue weighted by Crippen LogP contribution is 2.34. The normalized spacial score (nSPS) is 19.4. The molecule has 2 amide bonds. The molecule has 1 aromatic heterocycles. The molecule has 0 aliphatic carbocycles. The average molecular weight is 452 g/mol. The van der Waals surface area contributed by atoms with E-state index in [-0.39, 0.29) is 18.1 Å². The van der Waals surface area contributed by atoms with Gasteiger partial charge in [-0.15, -0.1) is 0 Å². The van der Waals surface area contributed by atoms with Gasteiger partial charge in [-0.3, -0.25) is 14.6 Å². The number of nitrogens with zero attached hydrogens (tertiary/aromatic N) is 6. The first-order chi connectivity index (χ1) is 16.0. The monoisotopic (exact) mass is 452 g/mol. The van der Waals surface area contributed by atoms with Gasteiger partial charge in [0.05, 0.1) is 19.9 Å². The zero-order chi connectivity index (χ0) is 23.1. The summed E-state index contributed by atoms with van der Waals surface area (Å²) in [5.41, 5.74) is 0.774. The highest BCUT2D eigenvalue weighted by molar-refractivity contribution is 6.25. The first kappa shape index (κ1) is 20.5. The molecule has 2 atom stereocenters. The Hall–Kier alpha value is -4.35. The Morgan fingerprint density at radius 1 is 1.06 bits per heavy atom. The maximum absolute atomic E-state index is 13.6. The predicted molar refractivity (Wildman–Crippen MR) is 110 cm³/mol. The van der Waals surface area contributed by atoms with Crippen LogP contribution < -0.4 is 14.4 Å². The fourth-order valence-electron chi connectivity index (χ4n) is 3.77. The molecule has 33 heavy (non-hydrogen) atoms. The minimum absolute atomic E-state index is 0.0407. The number of aromatic nitrogens is 2. The molecule has 2 aliphatic rings. The molecular weight excluding hydrogens is 435 g/mol. The molecule has 2 unspecified atom stereocenters. The highest BCUT2D eigenvalue weighted by Gasteiger charge is 2.55. The molecule has 168 valence electrons. The topological polar surface area (TPSA) is 123 Å². The van der Waals surface area contributed by atoms with Gasteiger partial charge in [0.2, 0.25) is 11.7 Å². The average Bonchev–Trinajstić information content (AvgIpc) is 3.51. The third-order valence-corrected chi connectivity index (χ3v) is 5.33. The Morgan fingerprint density at radius 2 is 1.88 bits per heavy atom. The molecule has 3 aromatic rings. The molecule has 12 heteroatoms. The molecule has 0 saturated carbocycles. The van der Waals surface area contributed by atoms with Crippen LogP contribution in [0.1, 0.15) is 5.89 Å². The van der Waals surface area contributed by atoms with Crippen LogP contribution in [0, 0.1) is 5.82 Å². The van der Waals surface area contributed by atoms with Crippen LogP contribution in [0.4, 0.5) is 10.1 Å². The van der Waals surface area contributed by atoms with Crippen molar-refractivity contribution >= 4 is 17.5 Å². The van der Waals surface area contributed by atoms with Crippen molar-refractivity contribution in [3.05, 3.63) is 54.2 Å². The SMILES string of the molecule is COc1ccc(-c2noc(CN3N=NC4C(=O)N(c5cccc(F)c5)C(=O)C43)n2)cc1OC. The molecule has 0 N–H and O–H groups in total. The second-order valence-corrected chi connectivity index (χ2v) is 7.27. The van der Waals surface area contributed by atoms with E-state index in [1.54, 1.807) is 18.2 Å². The van der Waals surface area contributed by atoms with Crippen LogP contribution >= 0.6 is 0 Å². The molecule has 3 heterocycles. The van der Waals surface area contributed by atoms with Crippen LogP contribution in [0.15, 0.2) is 57.3 Å². The van der Waals surface area contributed by atoms with E-state index in [2.05, 4.69) is 20.5 Å². The zero-order valence-electron chi connectivity index (χ0n) is 17.5. The molecule has 2 aromatic carbocycles. The van der Waals surface area contributed by atoms with Crippen LogP contribution in [0.5, 0.6) is 11.5 Å². The lowest BCUT2D eigenvalue weighted by Gasteiger charge is -2.19. The lowest BCUT2D eigenvalue weighted by Crippen LogP contribution is -2.39. The van der Waals surface area contributed by atoms with Crippen molar-refractivity contribution < 1.29 is 28.0 Å². The number of ether oxygens (including phenoxy) is 2. The van der Waals surface area contributed by atoms with Crippen molar-refractivity contribution in [2.75, 3.05) is 19.1 Å². The van der Waals surface area contributed by atoms with Gasteiger partial charge >= 0.3 is 0 Å². The van der Waals surface area contributed by atoms with E-state index in [9.17, 15) is 14.0 Å². The van der Waals surface area contributed by atoms with Gasteiger partial charge in [-0.05, 0) is 36.4 Å². The summed E-state index contributed by atoms with van der Waals surface area (Å²) in [7, 11) is 3.05. The molecule has 5 rings (SSSR count). The standard InChI is InChI=1S/C21H17FN6O5/c1-31-14-7-6-11(8-15(14)32-2)19-23-16(33-25-19)10-27-18-17(24-26-27)20(29)28(21(18)30)13-5-3-4-12(22)9-13/h3-9,17-18H,10H2,1-2H3. The third kappa shape index (κ3) is 3.45. The summed E-state index contributed by atoms with van der Waals surface area (Å²) in [5.74, 6) is -0.153. The third-order valence-electron chi connectivity index (χ3n) is 5.33. The number of hydrogen-bond donors (Lipinski definition) is 0. The largest absolute Gasteiger partial charge is 0.493 e. The minimum atomic E-state index is -1.02. The molecule has 1 saturated heterocycles. The van der Waals surface area contributed by atoms with Gasteiger partial charge in [-0.1, -0.05) is 16.4 Å². The zero-order valence-corrected chi connectivity index (χ0v) is 17.5. The molecule has 0 bridgehead atoms. The van der Waals surface area contributed by atoms with Gasteiger partial charge in [0.1, 0.15) is 12.4 Å². The summed E-state index contributed by atoms with van der Waals surface area (Å²) in [5, 5.41) is 13.2. The van der Waals surface area contributed by atoms with E-state index in [0.29, 0.717) is 22.9 Å². The Balaban J connectivity index is 1.35. The van der Waals surface area contributed by atoms with E-state index in [4.69, 9.17) is 14.0 Å². The van der Waals surface area contributed by atoms with Crippen molar-refractivity contribution in [1.29, 1.82) is 0 Å². The van der Waals surface area contributed by atoms with E-state index < -0.39 is 29.7 Å². The van der Waals surface area contributed by atoms with Crippen molar-refractivity contribution in [2.24, 2.45) is 10.3 Å². The number of amides is 2. The molecule has 11 nitrogen and oxygen atoms in total. The number of halogens is 1. The van der Waals surface area contributed by atoms with Gasteiger partial charge in [0, 0.05) is 5.56 Å². The van der Waals surface area contributed by atoms with E-state index in [1.807, 2.05) is 0 Å². The van der Waals surface area contributed by atoms with Crippen LogP contribution in [-0.2, 0) is 16.1 Å². The van der Waals surface area contributed by atoms with Crippen molar-refractivity contribution in [2.45, 2.75) is 18.6 Å². The fraction of sp³-hybridized carbons (Fsp3) is 0.238. The second-order valence-electron chi connectivity index (χ2n) is 7.27. The Kier molecular flexibility index (Phi) is 4.96. The number of imide groups is 1. The summed E-state index contributed by atoms with van der Waals surface area (Å²) < 4.78 is 29.4. The molecule has 2 aliphatic heterocycles. The summed E-state index contributed by atoms with van der Waals surface area (Å²) in [6.45, 7) is -0.0407. The van der Waals surface area contributed by atoms with Gasteiger partial charge in [0.25, 0.3) is 11.8 Å². The van der Waals surface area contributed by atoms with E-state index in [1.165, 1.54) is 37.4 Å². The number of anilines is 1. The smallest absolute Gasteiger partial charge is 0.263 e. The van der Waals surface area contributed by atoms with E-state index >= 15 is 0 Å². The number of hydrogen-bond acceptors (Lipinski definition) is 10. The maximum Gasteiger partial charge on any atom is 0.263 e. The minimum Gasteiger partial charge on any atom is -0.493 e. The van der Waals surface area contributed by atoms with E-state index in [0.717, 1.165) is 11.0 Å². The van der Waals surface area contributed by atoms with Crippen LogP contribution in [0.3, 0.4) is 0 Å². The van der Waals surface area contributed by atoms with Crippen LogP contribution in [0.25, 0.3) is 11.4 Å². The fourth-order valence-corrected chi connectivity index (χ4v) is 3.77. The molecular formula is C21H17FN6O5. The van der Waals surface area contributed by atoms with Crippen molar-refractivity contribution in [1.82, 2.24) is 15.1 Å². The molecule has 1 fully saturated rings. The number of fused-ring (bicyclic) bond motifs is 1. The van der Waals surface area contributed by atoms with Crippen LogP contribution in [-0.4, -0.2) is 53.3 Å². The number of carbonyl (C=O) groups excluding carboxylic acids is 2. The lowest BCUT2D eigenvalue weighted by atomic mass is 10.1. The Bertz CT molecular complexity index is 1280. The quantitative estimate of drug-likeness (QED) is 0.523. The van der Waals surface area contributed by atoms with Crippen LogP contribution in [0.2, 0.25) is 0 Å². The number of rotatable bonds is 6. The van der Waals surface area contributed by atoms with Gasteiger partial charge in [0.15, 0.2) is 23.6 Å². The Labute approximate surface area is 186 Å².